The Labute approximate surface area is 173 Å². The molecule has 0 saturated carbocycles. The van der Waals surface area contributed by atoms with Crippen molar-refractivity contribution in [2.24, 2.45) is 0 Å². The Balaban J connectivity index is 1.69. The summed E-state index contributed by atoms with van der Waals surface area (Å²) >= 11 is 12.4. The monoisotopic (exact) mass is 411 g/mol. The Kier molecular flexibility index (Phi) is 4.33. The van der Waals surface area contributed by atoms with E-state index in [9.17, 15) is 0 Å². The van der Waals surface area contributed by atoms with E-state index in [1.165, 1.54) is 16.8 Å². The van der Waals surface area contributed by atoms with Gasteiger partial charge in [-0.1, -0.05) is 29.3 Å². The minimum absolute atomic E-state index is 0.574. The summed E-state index contributed by atoms with van der Waals surface area (Å²) in [7, 11) is 1.68. The van der Waals surface area contributed by atoms with Gasteiger partial charge in [-0.15, -0.1) is 5.10 Å². The van der Waals surface area contributed by atoms with Crippen LogP contribution in [-0.2, 0) is 13.0 Å². The van der Waals surface area contributed by atoms with Crippen LogP contribution in [0, 0.1) is 0 Å². The number of benzene rings is 2. The average molecular weight is 412 g/mol. The first-order valence-corrected chi connectivity index (χ1v) is 10.1. The van der Waals surface area contributed by atoms with Crippen molar-refractivity contribution < 1.29 is 4.74 Å². The molecule has 2 aromatic heterocycles. The van der Waals surface area contributed by atoms with E-state index in [1.807, 2.05) is 34.8 Å². The molecule has 0 bridgehead atoms. The molecule has 142 valence electrons. The van der Waals surface area contributed by atoms with Crippen LogP contribution in [0.3, 0.4) is 0 Å². The third-order valence-electron chi connectivity index (χ3n) is 5.41. The first kappa shape index (κ1) is 17.7. The van der Waals surface area contributed by atoms with E-state index < -0.39 is 0 Å². The van der Waals surface area contributed by atoms with Crippen LogP contribution in [0.25, 0.3) is 28.2 Å². The maximum atomic E-state index is 6.27. The van der Waals surface area contributed by atoms with Gasteiger partial charge in [0, 0.05) is 29.4 Å². The van der Waals surface area contributed by atoms with E-state index in [4.69, 9.17) is 33.0 Å². The molecular formula is C22H19Cl2N3O. The van der Waals surface area contributed by atoms with Crippen LogP contribution in [0.2, 0.25) is 10.0 Å². The number of hydrogen-bond acceptors (Lipinski definition) is 2. The average Bonchev–Trinajstić information content (AvgIpc) is 3.15. The van der Waals surface area contributed by atoms with Crippen LogP contribution in [0.1, 0.15) is 18.4 Å². The van der Waals surface area contributed by atoms with Crippen molar-refractivity contribution in [2.75, 3.05) is 7.11 Å². The van der Waals surface area contributed by atoms with Crippen LogP contribution >= 0.6 is 23.2 Å². The third kappa shape index (κ3) is 2.79. The second kappa shape index (κ2) is 6.87. The molecule has 2 aromatic carbocycles. The fourth-order valence-corrected chi connectivity index (χ4v) is 4.33. The molecule has 1 aliphatic rings. The highest BCUT2D eigenvalue weighted by Gasteiger charge is 2.23. The summed E-state index contributed by atoms with van der Waals surface area (Å²) in [6, 6.07) is 13.9. The van der Waals surface area contributed by atoms with E-state index in [0.29, 0.717) is 10.0 Å². The number of halogens is 2. The summed E-state index contributed by atoms with van der Waals surface area (Å²) in [4.78, 5) is 0. The largest absolute Gasteiger partial charge is 0.497 e. The van der Waals surface area contributed by atoms with E-state index >= 15 is 0 Å². The SMILES string of the molecule is COc1ccc(-c2nn3cc(-c4ccc(Cl)c(Cl)c4)c4c3n2CCCC4)cc1. The van der Waals surface area contributed by atoms with E-state index in [2.05, 4.69) is 22.9 Å². The molecule has 0 amide bonds. The van der Waals surface area contributed by atoms with Gasteiger partial charge in [-0.25, -0.2) is 4.52 Å². The highest BCUT2D eigenvalue weighted by Crippen LogP contribution is 2.37. The fourth-order valence-electron chi connectivity index (χ4n) is 4.04. The predicted molar refractivity (Wildman–Crippen MR) is 114 cm³/mol. The quantitative estimate of drug-likeness (QED) is 0.406. The molecule has 0 N–H and O–H groups in total. The highest BCUT2D eigenvalue weighted by molar-refractivity contribution is 6.42. The zero-order valence-corrected chi connectivity index (χ0v) is 17.0. The molecule has 0 spiro atoms. The molecule has 0 unspecified atom stereocenters. The first-order chi connectivity index (χ1) is 13.7. The van der Waals surface area contributed by atoms with Gasteiger partial charge in [0.25, 0.3) is 0 Å². The van der Waals surface area contributed by atoms with Crippen molar-refractivity contribution in [3.63, 3.8) is 0 Å². The molecule has 1 aliphatic heterocycles. The van der Waals surface area contributed by atoms with Crippen LogP contribution in [-0.4, -0.2) is 21.3 Å². The molecule has 0 fully saturated rings. The number of hydrogen-bond donors (Lipinski definition) is 0. The minimum atomic E-state index is 0.574. The normalized spacial score (nSPS) is 13.7. The molecule has 4 nitrogen and oxygen atoms in total. The lowest BCUT2D eigenvalue weighted by molar-refractivity contribution is 0.415. The molecule has 0 aliphatic carbocycles. The van der Waals surface area contributed by atoms with Crippen molar-refractivity contribution in [1.29, 1.82) is 0 Å². The fraction of sp³-hybridized carbons (Fsp3) is 0.227. The van der Waals surface area contributed by atoms with Gasteiger partial charge in [-0.3, -0.25) is 0 Å². The van der Waals surface area contributed by atoms with Gasteiger partial charge >= 0.3 is 0 Å². The molecule has 0 saturated heterocycles. The van der Waals surface area contributed by atoms with Gasteiger partial charge in [0.2, 0.25) is 0 Å². The third-order valence-corrected chi connectivity index (χ3v) is 6.15. The number of nitrogens with zero attached hydrogens (tertiary/aromatic N) is 3. The highest BCUT2D eigenvalue weighted by atomic mass is 35.5. The Hall–Kier alpha value is -2.43. The van der Waals surface area contributed by atoms with Crippen molar-refractivity contribution in [3.8, 4) is 28.3 Å². The summed E-state index contributed by atoms with van der Waals surface area (Å²) in [5.41, 5.74) is 5.84. The Bertz CT molecular complexity index is 1170. The lowest BCUT2D eigenvalue weighted by atomic mass is 10.0. The van der Waals surface area contributed by atoms with Crippen molar-refractivity contribution in [1.82, 2.24) is 14.2 Å². The second-order valence-corrected chi connectivity index (χ2v) is 7.89. The molecule has 5 rings (SSSR count). The van der Waals surface area contributed by atoms with E-state index in [0.717, 1.165) is 48.5 Å². The molecule has 28 heavy (non-hydrogen) atoms. The maximum absolute atomic E-state index is 6.27. The van der Waals surface area contributed by atoms with Gasteiger partial charge in [-0.05, 0) is 61.2 Å². The maximum Gasteiger partial charge on any atom is 0.162 e. The molecule has 0 radical (unpaired) electrons. The zero-order valence-electron chi connectivity index (χ0n) is 15.5. The lowest BCUT2D eigenvalue weighted by Gasteiger charge is -2.07. The second-order valence-electron chi connectivity index (χ2n) is 7.08. The topological polar surface area (TPSA) is 31.5 Å². The Morgan fingerprint density at radius 3 is 2.50 bits per heavy atom. The van der Waals surface area contributed by atoms with Crippen molar-refractivity contribution in [3.05, 3.63) is 64.3 Å². The number of ether oxygens (including phenoxy) is 1. The van der Waals surface area contributed by atoms with Gasteiger partial charge < -0.3 is 9.30 Å². The minimum Gasteiger partial charge on any atom is -0.497 e. The standard InChI is InChI=1S/C22H19Cl2N3O/c1-28-16-8-5-14(6-9-16)21-25-27-13-18(15-7-10-19(23)20(24)12-15)17-4-2-3-11-26(21)22(17)27/h5-10,12-13H,2-4,11H2,1H3. The summed E-state index contributed by atoms with van der Waals surface area (Å²) in [6.45, 7) is 0.961. The smallest absolute Gasteiger partial charge is 0.162 e. The first-order valence-electron chi connectivity index (χ1n) is 9.36. The molecule has 3 heterocycles. The van der Waals surface area contributed by atoms with E-state index in [1.54, 1.807) is 7.11 Å². The van der Waals surface area contributed by atoms with Gasteiger partial charge in [0.1, 0.15) is 11.4 Å². The zero-order chi connectivity index (χ0) is 19.3. The number of methoxy groups -OCH3 is 1. The Morgan fingerprint density at radius 2 is 1.75 bits per heavy atom. The van der Waals surface area contributed by atoms with Gasteiger partial charge in [0.15, 0.2) is 5.82 Å². The van der Waals surface area contributed by atoms with Crippen LogP contribution in [0.5, 0.6) is 5.75 Å². The summed E-state index contributed by atoms with van der Waals surface area (Å²) in [5.74, 6) is 1.84. The summed E-state index contributed by atoms with van der Waals surface area (Å²) in [6.07, 6.45) is 5.42. The molecule has 4 aromatic rings. The van der Waals surface area contributed by atoms with E-state index in [-0.39, 0.29) is 0 Å². The predicted octanol–water partition coefficient (Wildman–Crippen LogP) is 6.12. The Morgan fingerprint density at radius 1 is 0.964 bits per heavy atom. The van der Waals surface area contributed by atoms with Gasteiger partial charge in [0.05, 0.1) is 17.2 Å². The number of rotatable bonds is 3. The van der Waals surface area contributed by atoms with Crippen LogP contribution in [0.15, 0.2) is 48.7 Å². The molecular weight excluding hydrogens is 393 g/mol. The summed E-state index contributed by atoms with van der Waals surface area (Å²) in [5, 5.41) is 6.07. The number of aromatic nitrogens is 3. The van der Waals surface area contributed by atoms with Crippen LogP contribution in [0.4, 0.5) is 0 Å². The number of aryl methyl sites for hydroxylation is 2. The van der Waals surface area contributed by atoms with Crippen LogP contribution < -0.4 is 4.74 Å². The lowest BCUT2D eigenvalue weighted by Crippen LogP contribution is -1.99. The summed E-state index contributed by atoms with van der Waals surface area (Å²) < 4.78 is 9.64. The van der Waals surface area contributed by atoms with Crippen molar-refractivity contribution >= 4 is 28.8 Å². The van der Waals surface area contributed by atoms with Gasteiger partial charge in [-0.2, -0.15) is 0 Å². The molecule has 6 heteroatoms. The molecule has 0 atom stereocenters. The van der Waals surface area contributed by atoms with Crippen molar-refractivity contribution in [2.45, 2.75) is 25.8 Å².